The maximum absolute atomic E-state index is 9.35. The summed E-state index contributed by atoms with van der Waals surface area (Å²) in [7, 11) is 0. The molecule has 112 valence electrons. The molecule has 0 saturated heterocycles. The van der Waals surface area contributed by atoms with E-state index in [2.05, 4.69) is 26.1 Å². The van der Waals surface area contributed by atoms with Gasteiger partial charge in [-0.2, -0.15) is 4.98 Å². The third-order valence-electron chi connectivity index (χ3n) is 3.02. The molecule has 0 fully saturated rings. The summed E-state index contributed by atoms with van der Waals surface area (Å²) in [6.45, 7) is 0. The molecule has 0 aliphatic rings. The molecule has 0 spiro atoms. The highest BCUT2D eigenvalue weighted by Gasteiger charge is 2.13. The van der Waals surface area contributed by atoms with Crippen LogP contribution in [-0.2, 0) is 6.42 Å². The van der Waals surface area contributed by atoms with Gasteiger partial charge < -0.3 is 9.63 Å². The van der Waals surface area contributed by atoms with E-state index in [0.29, 0.717) is 33.7 Å². The third kappa shape index (κ3) is 3.27. The van der Waals surface area contributed by atoms with Gasteiger partial charge in [0.1, 0.15) is 5.75 Å². The van der Waals surface area contributed by atoms with Crippen molar-refractivity contribution in [2.45, 2.75) is 6.42 Å². The van der Waals surface area contributed by atoms with Gasteiger partial charge in [0.2, 0.25) is 11.7 Å². The molecule has 2 aromatic carbocycles. The quantitative estimate of drug-likeness (QED) is 0.665. The zero-order chi connectivity index (χ0) is 15.7. The Morgan fingerprint density at radius 1 is 1.09 bits per heavy atom. The molecule has 0 saturated carbocycles. The zero-order valence-electron chi connectivity index (χ0n) is 11.1. The molecule has 0 radical (unpaired) electrons. The van der Waals surface area contributed by atoms with Crippen LogP contribution in [0, 0.1) is 0 Å². The molecule has 0 aliphatic carbocycles. The summed E-state index contributed by atoms with van der Waals surface area (Å²) in [5.74, 6) is 0.950. The normalized spacial score (nSPS) is 10.9. The fourth-order valence-corrected chi connectivity index (χ4v) is 2.95. The highest BCUT2D eigenvalue weighted by Crippen LogP contribution is 2.29. The average Bonchev–Trinajstić information content (AvgIpc) is 2.90. The first kappa shape index (κ1) is 15.3. The average molecular weight is 400 g/mol. The van der Waals surface area contributed by atoms with E-state index < -0.39 is 0 Å². The minimum Gasteiger partial charge on any atom is -0.508 e. The van der Waals surface area contributed by atoms with Gasteiger partial charge in [-0.1, -0.05) is 50.4 Å². The SMILES string of the molecule is Oc1ccc(Cc2nc(-c3ccc(Br)cc3Cl)no2)c(Cl)c1. The number of phenolic OH excluding ortho intramolecular Hbond substituents is 1. The van der Waals surface area contributed by atoms with Crippen molar-refractivity contribution in [1.82, 2.24) is 10.1 Å². The summed E-state index contributed by atoms with van der Waals surface area (Å²) in [5.41, 5.74) is 1.48. The maximum Gasteiger partial charge on any atom is 0.231 e. The number of phenols is 1. The number of halogens is 3. The molecule has 0 atom stereocenters. The lowest BCUT2D eigenvalue weighted by atomic mass is 10.1. The molecule has 0 bridgehead atoms. The van der Waals surface area contributed by atoms with Gasteiger partial charge in [0.15, 0.2) is 0 Å². The van der Waals surface area contributed by atoms with Gasteiger partial charge in [-0.05, 0) is 35.9 Å². The summed E-state index contributed by atoms with van der Waals surface area (Å²) in [5, 5.41) is 14.3. The van der Waals surface area contributed by atoms with Gasteiger partial charge in [0.05, 0.1) is 11.4 Å². The van der Waals surface area contributed by atoms with Crippen LogP contribution in [0.4, 0.5) is 0 Å². The van der Waals surface area contributed by atoms with Crippen LogP contribution >= 0.6 is 39.1 Å². The standard InChI is InChI=1S/C15H9BrCl2N2O2/c16-9-2-4-11(13(18)6-9)15-19-14(22-20-15)5-8-1-3-10(21)7-12(8)17/h1-4,6-7,21H,5H2. The second-order valence-electron chi connectivity index (χ2n) is 4.59. The summed E-state index contributed by atoms with van der Waals surface area (Å²) in [6.07, 6.45) is 0.375. The first-order chi connectivity index (χ1) is 10.5. The van der Waals surface area contributed by atoms with Crippen molar-refractivity contribution >= 4 is 39.1 Å². The largest absolute Gasteiger partial charge is 0.508 e. The zero-order valence-corrected chi connectivity index (χ0v) is 14.2. The van der Waals surface area contributed by atoms with Crippen molar-refractivity contribution < 1.29 is 9.63 Å². The van der Waals surface area contributed by atoms with E-state index in [1.165, 1.54) is 6.07 Å². The predicted octanol–water partition coefficient (Wildman–Crippen LogP) is 5.10. The second-order valence-corrected chi connectivity index (χ2v) is 6.32. The highest BCUT2D eigenvalue weighted by atomic mass is 79.9. The first-order valence-electron chi connectivity index (χ1n) is 6.28. The van der Waals surface area contributed by atoms with Gasteiger partial charge in [0, 0.05) is 15.1 Å². The predicted molar refractivity (Wildman–Crippen MR) is 88.4 cm³/mol. The molecule has 3 aromatic rings. The van der Waals surface area contributed by atoms with Gasteiger partial charge in [-0.15, -0.1) is 0 Å². The molecule has 0 unspecified atom stereocenters. The molecule has 1 heterocycles. The minimum absolute atomic E-state index is 0.113. The van der Waals surface area contributed by atoms with Crippen molar-refractivity contribution in [3.63, 3.8) is 0 Å². The van der Waals surface area contributed by atoms with E-state index in [-0.39, 0.29) is 5.75 Å². The Balaban J connectivity index is 1.87. The van der Waals surface area contributed by atoms with E-state index in [9.17, 15) is 5.11 Å². The molecule has 1 N–H and O–H groups in total. The molecule has 0 amide bonds. The van der Waals surface area contributed by atoms with Crippen LogP contribution in [0.3, 0.4) is 0 Å². The summed E-state index contributed by atoms with van der Waals surface area (Å²) in [4.78, 5) is 4.33. The van der Waals surface area contributed by atoms with Crippen LogP contribution in [0.1, 0.15) is 11.5 Å². The fourth-order valence-electron chi connectivity index (χ4n) is 1.95. The monoisotopic (exact) mass is 398 g/mol. The third-order valence-corrected chi connectivity index (χ3v) is 4.18. The minimum atomic E-state index is 0.113. The Morgan fingerprint density at radius 2 is 1.91 bits per heavy atom. The molecule has 4 nitrogen and oxygen atoms in total. The van der Waals surface area contributed by atoms with Gasteiger partial charge in [0.25, 0.3) is 0 Å². The number of nitrogens with zero attached hydrogens (tertiary/aromatic N) is 2. The van der Waals surface area contributed by atoms with E-state index in [4.69, 9.17) is 27.7 Å². The molecule has 22 heavy (non-hydrogen) atoms. The second kappa shape index (κ2) is 6.28. The van der Waals surface area contributed by atoms with Crippen molar-refractivity contribution in [3.8, 4) is 17.1 Å². The van der Waals surface area contributed by atoms with E-state index in [1.807, 2.05) is 12.1 Å². The molecule has 7 heteroatoms. The van der Waals surface area contributed by atoms with Crippen LogP contribution in [0.5, 0.6) is 5.75 Å². The lowest BCUT2D eigenvalue weighted by Crippen LogP contribution is -1.90. The summed E-state index contributed by atoms with van der Waals surface area (Å²) < 4.78 is 6.12. The molecular weight excluding hydrogens is 391 g/mol. The van der Waals surface area contributed by atoms with Crippen LogP contribution in [0.2, 0.25) is 10.0 Å². The number of benzene rings is 2. The van der Waals surface area contributed by atoms with Crippen LogP contribution < -0.4 is 0 Å². The van der Waals surface area contributed by atoms with Crippen molar-refractivity contribution in [3.05, 3.63) is 62.4 Å². The topological polar surface area (TPSA) is 59.2 Å². The number of hydrogen-bond donors (Lipinski definition) is 1. The Hall–Kier alpha value is -1.56. The number of hydrogen-bond acceptors (Lipinski definition) is 4. The number of aromatic nitrogens is 2. The smallest absolute Gasteiger partial charge is 0.231 e. The highest BCUT2D eigenvalue weighted by molar-refractivity contribution is 9.10. The Morgan fingerprint density at radius 3 is 2.64 bits per heavy atom. The molecule has 1 aromatic heterocycles. The van der Waals surface area contributed by atoms with Gasteiger partial charge in [-0.25, -0.2) is 0 Å². The van der Waals surface area contributed by atoms with Crippen molar-refractivity contribution in [2.75, 3.05) is 0 Å². The van der Waals surface area contributed by atoms with E-state index in [0.717, 1.165) is 10.0 Å². The number of rotatable bonds is 3. The van der Waals surface area contributed by atoms with E-state index >= 15 is 0 Å². The Kier molecular flexibility index (Phi) is 4.38. The first-order valence-corrected chi connectivity index (χ1v) is 7.83. The number of aromatic hydroxyl groups is 1. The van der Waals surface area contributed by atoms with Crippen molar-refractivity contribution in [2.24, 2.45) is 0 Å². The summed E-state index contributed by atoms with van der Waals surface area (Å²) in [6, 6.07) is 10.2. The Labute approximate surface area is 144 Å². The molecule has 3 rings (SSSR count). The lowest BCUT2D eigenvalue weighted by molar-refractivity contribution is 0.385. The van der Waals surface area contributed by atoms with Gasteiger partial charge >= 0.3 is 0 Å². The van der Waals surface area contributed by atoms with Crippen LogP contribution in [0.25, 0.3) is 11.4 Å². The molecular formula is C15H9BrCl2N2O2. The van der Waals surface area contributed by atoms with Gasteiger partial charge in [-0.3, -0.25) is 0 Å². The fraction of sp³-hybridized carbons (Fsp3) is 0.0667. The molecule has 0 aliphatic heterocycles. The Bertz CT molecular complexity index is 836. The lowest BCUT2D eigenvalue weighted by Gasteiger charge is -2.01. The summed E-state index contributed by atoms with van der Waals surface area (Å²) >= 11 is 15.6. The van der Waals surface area contributed by atoms with Crippen LogP contribution in [-0.4, -0.2) is 15.2 Å². The van der Waals surface area contributed by atoms with Crippen molar-refractivity contribution in [1.29, 1.82) is 0 Å². The van der Waals surface area contributed by atoms with Crippen LogP contribution in [0.15, 0.2) is 45.4 Å². The maximum atomic E-state index is 9.35. The van der Waals surface area contributed by atoms with E-state index in [1.54, 1.807) is 18.2 Å².